The molecule has 3 rings (SSSR count). The summed E-state index contributed by atoms with van der Waals surface area (Å²) in [5.74, 6) is -1.17. The highest BCUT2D eigenvalue weighted by molar-refractivity contribution is 6.35. The largest absolute Gasteiger partial charge is 0.452 e. The molecule has 126 valence electrons. The van der Waals surface area contributed by atoms with Gasteiger partial charge in [0.1, 0.15) is 0 Å². The summed E-state index contributed by atoms with van der Waals surface area (Å²) in [6.07, 6.45) is 3.09. The molecule has 8 heteroatoms. The first kappa shape index (κ1) is 17.1. The highest BCUT2D eigenvalue weighted by atomic mass is 35.5. The molecule has 0 aliphatic carbocycles. The van der Waals surface area contributed by atoms with E-state index >= 15 is 0 Å². The smallest absolute Gasteiger partial charge is 0.338 e. The summed E-state index contributed by atoms with van der Waals surface area (Å²) in [5, 5.41) is 3.29. The maximum absolute atomic E-state index is 12.1. The minimum atomic E-state index is -0.639. The standard InChI is InChI=1S/C17H11Cl2N3O3/c18-11-2-3-12(19)14(8-11)22-16(23)9-25-17(24)10-1-4-13-15(7-10)21-6-5-20-13/h1-8H,9H2,(H,22,23). The Morgan fingerprint density at radius 3 is 2.56 bits per heavy atom. The fourth-order valence-corrected chi connectivity index (χ4v) is 2.42. The van der Waals surface area contributed by atoms with Gasteiger partial charge in [-0.25, -0.2) is 4.79 Å². The van der Waals surface area contributed by atoms with Gasteiger partial charge >= 0.3 is 5.97 Å². The maximum atomic E-state index is 12.1. The summed E-state index contributed by atoms with van der Waals surface area (Å²) in [6.45, 7) is -0.458. The van der Waals surface area contributed by atoms with E-state index in [1.165, 1.54) is 12.3 Å². The fraction of sp³-hybridized carbons (Fsp3) is 0.0588. The van der Waals surface area contributed by atoms with Gasteiger partial charge in [0.2, 0.25) is 0 Å². The molecule has 1 N–H and O–H groups in total. The molecular formula is C17H11Cl2N3O3. The van der Waals surface area contributed by atoms with E-state index < -0.39 is 18.5 Å². The van der Waals surface area contributed by atoms with Crippen LogP contribution in [0.2, 0.25) is 10.0 Å². The lowest BCUT2D eigenvalue weighted by Crippen LogP contribution is -2.21. The van der Waals surface area contributed by atoms with Crippen LogP contribution in [0.1, 0.15) is 10.4 Å². The number of esters is 1. The Kier molecular flexibility index (Phi) is 5.11. The Morgan fingerprint density at radius 1 is 1.00 bits per heavy atom. The van der Waals surface area contributed by atoms with Crippen LogP contribution in [0.25, 0.3) is 11.0 Å². The number of nitrogens with one attached hydrogen (secondary N) is 1. The summed E-state index contributed by atoms with van der Waals surface area (Å²) in [7, 11) is 0. The number of benzene rings is 2. The molecule has 1 aromatic heterocycles. The normalized spacial score (nSPS) is 10.5. The zero-order chi connectivity index (χ0) is 17.8. The lowest BCUT2D eigenvalue weighted by Gasteiger charge is -2.08. The Morgan fingerprint density at radius 2 is 1.76 bits per heavy atom. The van der Waals surface area contributed by atoms with E-state index in [1.54, 1.807) is 36.5 Å². The first-order chi connectivity index (χ1) is 12.0. The minimum Gasteiger partial charge on any atom is -0.452 e. The van der Waals surface area contributed by atoms with Crippen molar-refractivity contribution in [2.24, 2.45) is 0 Å². The monoisotopic (exact) mass is 375 g/mol. The highest BCUT2D eigenvalue weighted by Crippen LogP contribution is 2.25. The predicted octanol–water partition coefficient (Wildman–Crippen LogP) is 3.73. The number of hydrogen-bond donors (Lipinski definition) is 1. The number of rotatable bonds is 4. The average Bonchev–Trinajstić information content (AvgIpc) is 2.62. The molecule has 0 atom stereocenters. The van der Waals surface area contributed by atoms with Crippen LogP contribution in [0.4, 0.5) is 5.69 Å². The Labute approximate surface area is 152 Å². The Bertz CT molecular complexity index is 963. The molecule has 0 radical (unpaired) electrons. The van der Waals surface area contributed by atoms with Crippen molar-refractivity contribution in [2.75, 3.05) is 11.9 Å². The molecule has 2 aromatic carbocycles. The number of nitrogens with zero attached hydrogens (tertiary/aromatic N) is 2. The van der Waals surface area contributed by atoms with Crippen molar-refractivity contribution in [2.45, 2.75) is 0 Å². The summed E-state index contributed by atoms with van der Waals surface area (Å²) in [6, 6.07) is 9.43. The molecule has 3 aromatic rings. The van der Waals surface area contributed by atoms with Crippen LogP contribution in [-0.4, -0.2) is 28.5 Å². The predicted molar refractivity (Wildman–Crippen MR) is 94.9 cm³/mol. The van der Waals surface area contributed by atoms with Crippen molar-refractivity contribution in [1.82, 2.24) is 9.97 Å². The first-order valence-corrected chi connectivity index (χ1v) is 7.91. The van der Waals surface area contributed by atoms with Gasteiger partial charge in [0.15, 0.2) is 6.61 Å². The molecule has 1 heterocycles. The van der Waals surface area contributed by atoms with E-state index in [1.807, 2.05) is 0 Å². The van der Waals surface area contributed by atoms with E-state index in [0.717, 1.165) is 0 Å². The number of aromatic nitrogens is 2. The molecule has 0 bridgehead atoms. The number of halogens is 2. The second kappa shape index (κ2) is 7.46. The third-order valence-electron chi connectivity index (χ3n) is 3.24. The van der Waals surface area contributed by atoms with Gasteiger partial charge in [-0.3, -0.25) is 14.8 Å². The summed E-state index contributed by atoms with van der Waals surface area (Å²) < 4.78 is 5.01. The molecule has 0 aliphatic heterocycles. The van der Waals surface area contributed by atoms with Crippen LogP contribution in [0, 0.1) is 0 Å². The van der Waals surface area contributed by atoms with Gasteiger partial charge in [-0.1, -0.05) is 23.2 Å². The molecule has 25 heavy (non-hydrogen) atoms. The molecule has 6 nitrogen and oxygen atoms in total. The third kappa shape index (κ3) is 4.23. The van der Waals surface area contributed by atoms with Crippen LogP contribution < -0.4 is 5.32 Å². The molecule has 0 fully saturated rings. The lowest BCUT2D eigenvalue weighted by molar-refractivity contribution is -0.119. The quantitative estimate of drug-likeness (QED) is 0.702. The van der Waals surface area contributed by atoms with Gasteiger partial charge in [-0.15, -0.1) is 0 Å². The van der Waals surface area contributed by atoms with Crippen LogP contribution in [-0.2, 0) is 9.53 Å². The number of carbonyl (C=O) groups is 2. The number of fused-ring (bicyclic) bond motifs is 1. The van der Waals surface area contributed by atoms with E-state index in [-0.39, 0.29) is 5.56 Å². The number of amides is 1. The second-order valence-electron chi connectivity index (χ2n) is 5.01. The fourth-order valence-electron chi connectivity index (χ4n) is 2.08. The number of ether oxygens (including phenoxy) is 1. The number of carbonyl (C=O) groups excluding carboxylic acids is 2. The second-order valence-corrected chi connectivity index (χ2v) is 5.85. The summed E-state index contributed by atoms with van der Waals surface area (Å²) >= 11 is 11.8. The molecule has 0 saturated heterocycles. The van der Waals surface area contributed by atoms with E-state index in [9.17, 15) is 9.59 Å². The van der Waals surface area contributed by atoms with Gasteiger partial charge < -0.3 is 10.1 Å². The number of hydrogen-bond acceptors (Lipinski definition) is 5. The van der Waals surface area contributed by atoms with Crippen molar-refractivity contribution in [3.8, 4) is 0 Å². The molecule has 0 spiro atoms. The van der Waals surface area contributed by atoms with Crippen molar-refractivity contribution in [1.29, 1.82) is 0 Å². The average molecular weight is 376 g/mol. The van der Waals surface area contributed by atoms with Gasteiger partial charge in [-0.2, -0.15) is 0 Å². The van der Waals surface area contributed by atoms with Gasteiger partial charge in [0, 0.05) is 17.4 Å². The zero-order valence-corrected chi connectivity index (χ0v) is 14.2. The van der Waals surface area contributed by atoms with Crippen molar-refractivity contribution < 1.29 is 14.3 Å². The van der Waals surface area contributed by atoms with E-state index in [0.29, 0.717) is 26.8 Å². The van der Waals surface area contributed by atoms with Gasteiger partial charge in [-0.05, 0) is 36.4 Å². The highest BCUT2D eigenvalue weighted by Gasteiger charge is 2.12. The van der Waals surface area contributed by atoms with Gasteiger partial charge in [0.25, 0.3) is 5.91 Å². The topological polar surface area (TPSA) is 81.2 Å². The first-order valence-electron chi connectivity index (χ1n) is 7.16. The van der Waals surface area contributed by atoms with Crippen LogP contribution in [0.5, 0.6) is 0 Å². The van der Waals surface area contributed by atoms with Crippen molar-refractivity contribution in [3.63, 3.8) is 0 Å². The lowest BCUT2D eigenvalue weighted by atomic mass is 10.2. The molecular weight excluding hydrogens is 365 g/mol. The molecule has 1 amide bonds. The SMILES string of the molecule is O=C(COC(=O)c1ccc2nccnc2c1)Nc1cc(Cl)ccc1Cl. The van der Waals surface area contributed by atoms with Crippen molar-refractivity contribution in [3.05, 3.63) is 64.4 Å². The van der Waals surface area contributed by atoms with E-state index in [4.69, 9.17) is 27.9 Å². The summed E-state index contributed by atoms with van der Waals surface area (Å²) in [4.78, 5) is 32.2. The van der Waals surface area contributed by atoms with Crippen LogP contribution in [0.15, 0.2) is 48.8 Å². The molecule has 0 saturated carbocycles. The minimum absolute atomic E-state index is 0.279. The molecule has 0 aliphatic rings. The summed E-state index contributed by atoms with van der Waals surface area (Å²) in [5.41, 5.74) is 1.84. The van der Waals surface area contributed by atoms with Crippen LogP contribution >= 0.6 is 23.2 Å². The van der Waals surface area contributed by atoms with Crippen molar-refractivity contribution >= 4 is 51.8 Å². The zero-order valence-electron chi connectivity index (χ0n) is 12.7. The van der Waals surface area contributed by atoms with Crippen LogP contribution in [0.3, 0.4) is 0 Å². The Balaban J connectivity index is 1.62. The maximum Gasteiger partial charge on any atom is 0.338 e. The molecule has 0 unspecified atom stereocenters. The third-order valence-corrected chi connectivity index (χ3v) is 3.81. The Hall–Kier alpha value is -2.70. The number of anilines is 1. The van der Waals surface area contributed by atoms with Gasteiger partial charge in [0.05, 0.1) is 27.3 Å². The van der Waals surface area contributed by atoms with E-state index in [2.05, 4.69) is 15.3 Å².